The molecule has 0 aromatic heterocycles. The van der Waals surface area contributed by atoms with Crippen molar-refractivity contribution in [2.75, 3.05) is 21.9 Å². The van der Waals surface area contributed by atoms with Crippen molar-refractivity contribution in [2.24, 2.45) is 0 Å². The van der Waals surface area contributed by atoms with Crippen molar-refractivity contribution in [1.82, 2.24) is 0 Å². The monoisotopic (exact) mass is 388 g/mol. The number of ether oxygens (including phenoxy) is 1. The molecule has 1 fully saturated rings. The van der Waals surface area contributed by atoms with Crippen molar-refractivity contribution >= 4 is 27.3 Å². The molecule has 0 saturated carbocycles. The van der Waals surface area contributed by atoms with E-state index in [1.54, 1.807) is 30.3 Å². The van der Waals surface area contributed by atoms with Crippen LogP contribution < -0.4 is 14.4 Å². The second kappa shape index (κ2) is 7.60. The average Bonchev–Trinajstić information content (AvgIpc) is 2.96. The lowest BCUT2D eigenvalue weighted by Crippen LogP contribution is -2.25. The SMILES string of the molecule is Cc1cc(OC(C)C)ccc1NC(=O)c1cccc(N2CCCS2(=O)=O)c1. The lowest BCUT2D eigenvalue weighted by Gasteiger charge is -2.18. The molecule has 0 spiro atoms. The first-order valence-electron chi connectivity index (χ1n) is 8.95. The van der Waals surface area contributed by atoms with Gasteiger partial charge in [0.2, 0.25) is 10.0 Å². The summed E-state index contributed by atoms with van der Waals surface area (Å²) in [5, 5.41) is 2.88. The van der Waals surface area contributed by atoms with E-state index in [9.17, 15) is 13.2 Å². The fourth-order valence-electron chi connectivity index (χ4n) is 3.05. The van der Waals surface area contributed by atoms with Gasteiger partial charge in [-0.05, 0) is 69.2 Å². The number of benzene rings is 2. The Morgan fingerprint density at radius 1 is 1.19 bits per heavy atom. The molecule has 2 aromatic carbocycles. The summed E-state index contributed by atoms with van der Waals surface area (Å²) in [6, 6.07) is 12.2. The van der Waals surface area contributed by atoms with Crippen LogP contribution in [0, 0.1) is 6.92 Å². The number of nitrogens with zero attached hydrogens (tertiary/aromatic N) is 1. The first-order valence-corrected chi connectivity index (χ1v) is 10.6. The quantitative estimate of drug-likeness (QED) is 0.850. The lowest BCUT2D eigenvalue weighted by molar-refractivity contribution is 0.102. The summed E-state index contributed by atoms with van der Waals surface area (Å²) in [7, 11) is -3.28. The molecule has 0 bridgehead atoms. The van der Waals surface area contributed by atoms with Crippen LogP contribution in [0.1, 0.15) is 36.2 Å². The molecule has 1 aliphatic heterocycles. The van der Waals surface area contributed by atoms with Crippen LogP contribution in [0.15, 0.2) is 42.5 Å². The second-order valence-corrected chi connectivity index (χ2v) is 8.90. The van der Waals surface area contributed by atoms with Gasteiger partial charge in [-0.1, -0.05) is 6.07 Å². The zero-order valence-corrected chi connectivity index (χ0v) is 16.5. The van der Waals surface area contributed by atoms with Gasteiger partial charge in [0.1, 0.15) is 5.75 Å². The molecule has 27 heavy (non-hydrogen) atoms. The molecule has 1 heterocycles. The maximum Gasteiger partial charge on any atom is 0.255 e. The Balaban J connectivity index is 1.78. The molecule has 0 atom stereocenters. The van der Waals surface area contributed by atoms with Gasteiger partial charge in [0.25, 0.3) is 5.91 Å². The number of sulfonamides is 1. The highest BCUT2D eigenvalue weighted by molar-refractivity contribution is 7.93. The summed E-state index contributed by atoms with van der Waals surface area (Å²) in [4.78, 5) is 12.6. The molecule has 6 nitrogen and oxygen atoms in total. The van der Waals surface area contributed by atoms with Gasteiger partial charge in [-0.15, -0.1) is 0 Å². The minimum atomic E-state index is -3.28. The molecule has 1 saturated heterocycles. The van der Waals surface area contributed by atoms with Crippen LogP contribution >= 0.6 is 0 Å². The van der Waals surface area contributed by atoms with Gasteiger partial charge in [-0.25, -0.2) is 8.42 Å². The number of carbonyl (C=O) groups is 1. The Morgan fingerprint density at radius 3 is 2.59 bits per heavy atom. The molecular formula is C20H24N2O4S. The van der Waals surface area contributed by atoms with Crippen molar-refractivity contribution in [3.05, 3.63) is 53.6 Å². The van der Waals surface area contributed by atoms with Crippen LogP contribution in [-0.4, -0.2) is 32.7 Å². The number of nitrogens with one attached hydrogen (secondary N) is 1. The molecule has 3 rings (SSSR count). The average molecular weight is 388 g/mol. The van der Waals surface area contributed by atoms with E-state index >= 15 is 0 Å². The van der Waals surface area contributed by atoms with Crippen LogP contribution in [0.2, 0.25) is 0 Å². The lowest BCUT2D eigenvalue weighted by atomic mass is 10.1. The first-order chi connectivity index (χ1) is 12.8. The zero-order chi connectivity index (χ0) is 19.6. The van der Waals surface area contributed by atoms with Gasteiger partial charge in [-0.3, -0.25) is 9.10 Å². The molecule has 1 N–H and O–H groups in total. The number of anilines is 2. The highest BCUT2D eigenvalue weighted by Gasteiger charge is 2.28. The number of rotatable bonds is 5. The van der Waals surface area contributed by atoms with Gasteiger partial charge in [0.05, 0.1) is 17.5 Å². The predicted octanol–water partition coefficient (Wildman–Crippen LogP) is 3.57. The van der Waals surface area contributed by atoms with E-state index < -0.39 is 10.0 Å². The van der Waals surface area contributed by atoms with Gasteiger partial charge in [0, 0.05) is 17.8 Å². The minimum absolute atomic E-state index is 0.0782. The molecule has 7 heteroatoms. The van der Waals surface area contributed by atoms with E-state index in [0.29, 0.717) is 29.9 Å². The summed E-state index contributed by atoms with van der Waals surface area (Å²) in [6.07, 6.45) is 0.678. The van der Waals surface area contributed by atoms with E-state index in [0.717, 1.165) is 11.3 Å². The predicted molar refractivity (Wildman–Crippen MR) is 107 cm³/mol. The molecular weight excluding hydrogens is 364 g/mol. The maximum atomic E-state index is 12.6. The number of amides is 1. The van der Waals surface area contributed by atoms with E-state index in [1.165, 1.54) is 4.31 Å². The molecule has 0 aliphatic carbocycles. The van der Waals surface area contributed by atoms with Crippen molar-refractivity contribution in [2.45, 2.75) is 33.3 Å². The fourth-order valence-corrected chi connectivity index (χ4v) is 4.60. The standard InChI is InChI=1S/C20H24N2O4S/c1-14(2)26-18-8-9-19(15(3)12-18)21-20(23)16-6-4-7-17(13-16)22-10-5-11-27(22,24)25/h4,6-9,12-14H,5,10-11H2,1-3H3,(H,21,23). The van der Waals surface area contributed by atoms with Gasteiger partial charge >= 0.3 is 0 Å². The number of hydrogen-bond donors (Lipinski definition) is 1. The van der Waals surface area contributed by atoms with Gasteiger partial charge in [-0.2, -0.15) is 0 Å². The Labute approximate surface area is 160 Å². The fraction of sp³-hybridized carbons (Fsp3) is 0.350. The Kier molecular flexibility index (Phi) is 5.41. The zero-order valence-electron chi connectivity index (χ0n) is 15.7. The van der Waals surface area contributed by atoms with Gasteiger partial charge in [0.15, 0.2) is 0 Å². The summed E-state index contributed by atoms with van der Waals surface area (Å²) in [6.45, 7) is 6.26. The molecule has 2 aromatic rings. The van der Waals surface area contributed by atoms with Crippen LogP contribution in [0.25, 0.3) is 0 Å². The number of aryl methyl sites for hydroxylation is 1. The highest BCUT2D eigenvalue weighted by Crippen LogP contribution is 2.26. The largest absolute Gasteiger partial charge is 0.491 e. The second-order valence-electron chi connectivity index (χ2n) is 6.89. The normalized spacial score (nSPS) is 15.8. The molecule has 144 valence electrons. The van der Waals surface area contributed by atoms with E-state index in [-0.39, 0.29) is 17.8 Å². The van der Waals surface area contributed by atoms with Crippen molar-refractivity contribution in [3.8, 4) is 5.75 Å². The molecule has 1 aliphatic rings. The summed E-state index contributed by atoms with van der Waals surface area (Å²) >= 11 is 0. The van der Waals surface area contributed by atoms with Gasteiger partial charge < -0.3 is 10.1 Å². The third-order valence-corrected chi connectivity index (χ3v) is 6.18. The third kappa shape index (κ3) is 4.42. The Morgan fingerprint density at radius 2 is 1.96 bits per heavy atom. The molecule has 1 amide bonds. The highest BCUT2D eigenvalue weighted by atomic mass is 32.2. The summed E-state index contributed by atoms with van der Waals surface area (Å²) < 4.78 is 31.2. The van der Waals surface area contributed by atoms with Crippen molar-refractivity contribution < 1.29 is 17.9 Å². The number of carbonyl (C=O) groups excluding carboxylic acids is 1. The van der Waals surface area contributed by atoms with E-state index in [2.05, 4.69) is 5.32 Å². The van der Waals surface area contributed by atoms with E-state index in [4.69, 9.17) is 4.74 Å². The Hall–Kier alpha value is -2.54. The van der Waals surface area contributed by atoms with Crippen LogP contribution in [0.4, 0.5) is 11.4 Å². The van der Waals surface area contributed by atoms with Crippen LogP contribution in [0.5, 0.6) is 5.75 Å². The summed E-state index contributed by atoms with van der Waals surface area (Å²) in [5.41, 5.74) is 2.52. The van der Waals surface area contributed by atoms with E-state index in [1.807, 2.05) is 32.9 Å². The van der Waals surface area contributed by atoms with Crippen LogP contribution in [-0.2, 0) is 10.0 Å². The third-order valence-electron chi connectivity index (χ3n) is 4.31. The van der Waals surface area contributed by atoms with Crippen molar-refractivity contribution in [3.63, 3.8) is 0 Å². The first kappa shape index (κ1) is 19.2. The maximum absolute atomic E-state index is 12.6. The molecule has 0 unspecified atom stereocenters. The van der Waals surface area contributed by atoms with Crippen LogP contribution in [0.3, 0.4) is 0 Å². The van der Waals surface area contributed by atoms with Crippen molar-refractivity contribution in [1.29, 1.82) is 0 Å². The Bertz CT molecular complexity index is 954. The summed E-state index contributed by atoms with van der Waals surface area (Å²) in [5.74, 6) is 0.615. The topological polar surface area (TPSA) is 75.7 Å². The minimum Gasteiger partial charge on any atom is -0.491 e. The molecule has 0 radical (unpaired) electrons. The number of hydrogen-bond acceptors (Lipinski definition) is 4. The smallest absolute Gasteiger partial charge is 0.255 e.